The summed E-state index contributed by atoms with van der Waals surface area (Å²) in [5, 5.41) is -0.329. The van der Waals surface area contributed by atoms with Crippen molar-refractivity contribution in [3.63, 3.8) is 0 Å². The van der Waals surface area contributed by atoms with Gasteiger partial charge in [-0.3, -0.25) is 0 Å². The van der Waals surface area contributed by atoms with E-state index in [2.05, 4.69) is 4.99 Å². The van der Waals surface area contributed by atoms with Crippen molar-refractivity contribution in [3.8, 4) is 0 Å². The third kappa shape index (κ3) is 5.13. The van der Waals surface area contributed by atoms with E-state index in [1.54, 1.807) is 0 Å². The summed E-state index contributed by atoms with van der Waals surface area (Å²) in [6, 6.07) is 1.96. The SMILES string of the molecule is Cc1cc(Cl)c(N=C(N)C(F)(F)C(F)(F)F)cc1SCC(F)(F)F. The zero-order chi connectivity index (χ0) is 18.9. The molecule has 0 saturated heterocycles. The topological polar surface area (TPSA) is 38.4 Å². The van der Waals surface area contributed by atoms with Gasteiger partial charge >= 0.3 is 18.3 Å². The molecule has 0 aromatic heterocycles. The third-order valence-corrected chi connectivity index (χ3v) is 4.08. The highest BCUT2D eigenvalue weighted by molar-refractivity contribution is 7.99. The molecule has 2 N–H and O–H groups in total. The van der Waals surface area contributed by atoms with E-state index in [1.807, 2.05) is 0 Å². The number of nitrogens with two attached hydrogens (primary N) is 1. The van der Waals surface area contributed by atoms with Gasteiger partial charge in [-0.15, -0.1) is 11.8 Å². The molecule has 0 bridgehead atoms. The van der Waals surface area contributed by atoms with Gasteiger partial charge in [-0.2, -0.15) is 35.1 Å². The number of aliphatic imine (C=N–C) groups is 1. The van der Waals surface area contributed by atoms with Crippen LogP contribution in [-0.4, -0.2) is 29.9 Å². The molecule has 0 atom stereocenters. The first-order valence-electron chi connectivity index (χ1n) is 5.94. The highest BCUT2D eigenvalue weighted by atomic mass is 35.5. The molecule has 136 valence electrons. The second-order valence-corrected chi connectivity index (χ2v) is 5.97. The maximum Gasteiger partial charge on any atom is 0.461 e. The predicted octanol–water partition coefficient (Wildman–Crippen LogP) is 5.49. The lowest BCUT2D eigenvalue weighted by molar-refractivity contribution is -0.249. The molecule has 0 spiro atoms. The quantitative estimate of drug-likeness (QED) is 0.314. The van der Waals surface area contributed by atoms with Crippen LogP contribution < -0.4 is 5.73 Å². The zero-order valence-corrected chi connectivity index (χ0v) is 13.3. The second kappa shape index (κ2) is 6.95. The molecule has 0 radical (unpaired) electrons. The Bertz CT molecular complexity index is 639. The average molecular weight is 401 g/mol. The van der Waals surface area contributed by atoms with Gasteiger partial charge in [0.2, 0.25) is 0 Å². The number of hydrogen-bond acceptors (Lipinski definition) is 2. The van der Waals surface area contributed by atoms with E-state index < -0.39 is 35.6 Å². The molecule has 1 aromatic rings. The summed E-state index contributed by atoms with van der Waals surface area (Å²) in [6.07, 6.45) is -10.5. The molecule has 0 aliphatic rings. The molecule has 0 saturated carbocycles. The van der Waals surface area contributed by atoms with Gasteiger partial charge in [0.25, 0.3) is 0 Å². The summed E-state index contributed by atoms with van der Waals surface area (Å²) in [7, 11) is 0. The number of amidine groups is 1. The minimum absolute atomic E-state index is 0.0291. The van der Waals surface area contributed by atoms with Gasteiger partial charge in [0.05, 0.1) is 16.5 Å². The average Bonchev–Trinajstić information content (AvgIpc) is 2.37. The largest absolute Gasteiger partial charge is 0.461 e. The van der Waals surface area contributed by atoms with E-state index in [0.29, 0.717) is 11.8 Å². The normalized spacial score (nSPS) is 14.2. The van der Waals surface area contributed by atoms with E-state index in [1.165, 1.54) is 6.92 Å². The standard InChI is InChI=1S/C12H9ClF8N2S/c1-5-2-6(13)7(3-8(5)24-4-10(14,15)16)23-9(22)11(17,18)12(19,20)21/h2-3H,4H2,1H3,(H2,22,23). The van der Waals surface area contributed by atoms with Crippen LogP contribution in [0.15, 0.2) is 22.0 Å². The first-order valence-corrected chi connectivity index (χ1v) is 7.30. The lowest BCUT2D eigenvalue weighted by Gasteiger charge is -2.19. The number of alkyl halides is 8. The first kappa shape index (κ1) is 20.8. The highest BCUT2D eigenvalue weighted by Crippen LogP contribution is 2.39. The van der Waals surface area contributed by atoms with Crippen LogP contribution in [0.25, 0.3) is 0 Å². The van der Waals surface area contributed by atoms with Crippen molar-refractivity contribution in [2.45, 2.75) is 30.1 Å². The van der Waals surface area contributed by atoms with E-state index in [0.717, 1.165) is 12.1 Å². The van der Waals surface area contributed by atoms with Gasteiger partial charge < -0.3 is 5.73 Å². The van der Waals surface area contributed by atoms with Gasteiger partial charge in [0, 0.05) is 4.90 Å². The van der Waals surface area contributed by atoms with Gasteiger partial charge in [0.1, 0.15) is 0 Å². The van der Waals surface area contributed by atoms with Crippen LogP contribution in [0.1, 0.15) is 5.56 Å². The lowest BCUT2D eigenvalue weighted by Crippen LogP contribution is -2.48. The molecule has 24 heavy (non-hydrogen) atoms. The van der Waals surface area contributed by atoms with Crippen LogP contribution >= 0.6 is 23.4 Å². The lowest BCUT2D eigenvalue weighted by atomic mass is 10.2. The molecular weight excluding hydrogens is 392 g/mol. The number of aryl methyl sites for hydroxylation is 1. The highest BCUT2D eigenvalue weighted by Gasteiger charge is 2.60. The molecule has 12 heteroatoms. The zero-order valence-electron chi connectivity index (χ0n) is 11.7. The Labute approximate surface area is 140 Å². The van der Waals surface area contributed by atoms with Crippen molar-refractivity contribution in [2.24, 2.45) is 10.7 Å². The summed E-state index contributed by atoms with van der Waals surface area (Å²) in [6.45, 7) is 1.39. The van der Waals surface area contributed by atoms with Gasteiger partial charge in [0.15, 0.2) is 5.84 Å². The van der Waals surface area contributed by atoms with Crippen LogP contribution in [0.2, 0.25) is 5.02 Å². The van der Waals surface area contributed by atoms with Gasteiger partial charge in [-0.25, -0.2) is 4.99 Å². The Morgan fingerprint density at radius 1 is 1.12 bits per heavy atom. The molecular formula is C12H9ClF8N2S. The maximum absolute atomic E-state index is 13.0. The van der Waals surface area contributed by atoms with Crippen molar-refractivity contribution < 1.29 is 35.1 Å². The monoisotopic (exact) mass is 400 g/mol. The van der Waals surface area contributed by atoms with Crippen LogP contribution in [0.4, 0.5) is 40.8 Å². The fourth-order valence-electron chi connectivity index (χ4n) is 1.39. The minimum Gasteiger partial charge on any atom is -0.382 e. The predicted molar refractivity (Wildman–Crippen MR) is 75.3 cm³/mol. The summed E-state index contributed by atoms with van der Waals surface area (Å²) < 4.78 is 99.4. The fourth-order valence-corrected chi connectivity index (χ4v) is 2.45. The van der Waals surface area contributed by atoms with E-state index in [9.17, 15) is 35.1 Å². The summed E-state index contributed by atoms with van der Waals surface area (Å²) in [4.78, 5) is 2.91. The second-order valence-electron chi connectivity index (χ2n) is 4.54. The van der Waals surface area contributed by atoms with E-state index >= 15 is 0 Å². The molecule has 1 aromatic carbocycles. The molecule has 1 rings (SSSR count). The third-order valence-electron chi connectivity index (χ3n) is 2.55. The summed E-state index contributed by atoms with van der Waals surface area (Å²) in [5.74, 6) is -8.75. The van der Waals surface area contributed by atoms with Gasteiger partial charge in [-0.05, 0) is 24.6 Å². The smallest absolute Gasteiger partial charge is 0.382 e. The van der Waals surface area contributed by atoms with E-state index in [-0.39, 0.29) is 15.5 Å². The number of hydrogen-bond donors (Lipinski definition) is 1. The van der Waals surface area contributed by atoms with Crippen molar-refractivity contribution in [3.05, 3.63) is 22.7 Å². The molecule has 0 aliphatic heterocycles. The molecule has 0 amide bonds. The Balaban J connectivity index is 3.23. The number of nitrogens with zero attached hydrogens (tertiary/aromatic N) is 1. The number of rotatable bonds is 4. The Hall–Kier alpha value is -1.23. The minimum atomic E-state index is -5.97. The molecule has 0 aliphatic carbocycles. The number of benzene rings is 1. The molecule has 0 unspecified atom stereocenters. The summed E-state index contributed by atoms with van der Waals surface area (Å²) >= 11 is 5.99. The van der Waals surface area contributed by atoms with Crippen molar-refractivity contribution in [1.29, 1.82) is 0 Å². The molecule has 0 fully saturated rings. The van der Waals surface area contributed by atoms with Crippen molar-refractivity contribution >= 4 is 34.9 Å². The van der Waals surface area contributed by atoms with Crippen LogP contribution in [0, 0.1) is 6.92 Å². The Kier molecular flexibility index (Phi) is 6.02. The Morgan fingerprint density at radius 3 is 2.12 bits per heavy atom. The number of thioether (sulfide) groups is 1. The fraction of sp³-hybridized carbons (Fsp3) is 0.417. The number of halogens is 9. The first-order chi connectivity index (χ1) is 10.6. The summed E-state index contributed by atoms with van der Waals surface area (Å²) in [5.41, 5.74) is 4.39. The van der Waals surface area contributed by atoms with Gasteiger partial charge in [-0.1, -0.05) is 11.6 Å². The van der Waals surface area contributed by atoms with Crippen LogP contribution in [0.5, 0.6) is 0 Å². The van der Waals surface area contributed by atoms with Crippen LogP contribution in [0.3, 0.4) is 0 Å². The van der Waals surface area contributed by atoms with Crippen LogP contribution in [-0.2, 0) is 0 Å². The Morgan fingerprint density at radius 2 is 1.67 bits per heavy atom. The molecule has 0 heterocycles. The van der Waals surface area contributed by atoms with Crippen molar-refractivity contribution in [1.82, 2.24) is 0 Å². The molecule has 2 nitrogen and oxygen atoms in total. The van der Waals surface area contributed by atoms with E-state index in [4.69, 9.17) is 17.3 Å². The maximum atomic E-state index is 13.0. The van der Waals surface area contributed by atoms with Crippen molar-refractivity contribution in [2.75, 3.05) is 5.75 Å².